The van der Waals surface area contributed by atoms with Crippen LogP contribution in [0, 0.1) is 6.92 Å². The van der Waals surface area contributed by atoms with Crippen molar-refractivity contribution < 1.29 is 8.78 Å². The van der Waals surface area contributed by atoms with Crippen molar-refractivity contribution in [3.05, 3.63) is 64.7 Å². The second-order valence-electron chi connectivity index (χ2n) is 7.39. The molecule has 0 amide bonds. The minimum atomic E-state index is -1.16. The van der Waals surface area contributed by atoms with Crippen LogP contribution in [-0.4, -0.2) is 32.9 Å². The Balaban J connectivity index is 1.77. The lowest BCUT2D eigenvalue weighted by Crippen LogP contribution is -2.43. The van der Waals surface area contributed by atoms with E-state index in [1.807, 2.05) is 49.4 Å². The molecular weight excluding hydrogens is 342 g/mol. The van der Waals surface area contributed by atoms with E-state index in [4.69, 9.17) is 0 Å². The number of nitrogens with zero attached hydrogens (tertiary/aromatic N) is 1. The molecule has 2 nitrogen and oxygen atoms in total. The van der Waals surface area contributed by atoms with Gasteiger partial charge in [0.25, 0.3) is 0 Å². The van der Waals surface area contributed by atoms with Gasteiger partial charge in [0.05, 0.1) is 6.67 Å². The smallest absolute Gasteiger partial charge is 0.126 e. The maximum Gasteiger partial charge on any atom is 0.126 e. The number of halogens is 2. The van der Waals surface area contributed by atoms with Gasteiger partial charge in [-0.2, -0.15) is 0 Å². The van der Waals surface area contributed by atoms with Crippen molar-refractivity contribution in [3.8, 4) is 0 Å². The quantitative estimate of drug-likeness (QED) is 0.726. The number of anilines is 1. The molecule has 1 saturated heterocycles. The third-order valence-corrected chi connectivity index (χ3v) is 5.61. The molecule has 0 aromatic heterocycles. The zero-order chi connectivity index (χ0) is 19.2. The topological polar surface area (TPSA) is 15.3 Å². The highest BCUT2D eigenvalue weighted by Crippen LogP contribution is 2.35. The molecule has 0 radical (unpaired) electrons. The Kier molecular flexibility index (Phi) is 6.84. The average Bonchev–Trinajstić information content (AvgIpc) is 2.72. The predicted molar refractivity (Wildman–Crippen MR) is 109 cm³/mol. The molecule has 1 aliphatic heterocycles. The lowest BCUT2D eigenvalue weighted by atomic mass is 9.89. The van der Waals surface area contributed by atoms with Gasteiger partial charge in [-0.25, -0.2) is 4.39 Å². The molecule has 0 bridgehead atoms. The van der Waals surface area contributed by atoms with Crippen molar-refractivity contribution in [1.29, 1.82) is 0 Å². The molecule has 1 fully saturated rings. The summed E-state index contributed by atoms with van der Waals surface area (Å²) in [6.07, 6.45) is -0.116. The van der Waals surface area contributed by atoms with Gasteiger partial charge in [-0.15, -0.1) is 0 Å². The Morgan fingerprint density at radius 3 is 2.52 bits per heavy atom. The third kappa shape index (κ3) is 4.67. The van der Waals surface area contributed by atoms with E-state index in [2.05, 4.69) is 17.1 Å². The molecule has 0 saturated carbocycles. The molecule has 1 heterocycles. The first-order chi connectivity index (χ1) is 13.1. The third-order valence-electron chi connectivity index (χ3n) is 5.61. The number of benzene rings is 2. The van der Waals surface area contributed by atoms with E-state index in [-0.39, 0.29) is 6.42 Å². The normalized spacial score (nSPS) is 17.0. The molecule has 2 atom stereocenters. The van der Waals surface area contributed by atoms with E-state index in [1.165, 1.54) is 11.3 Å². The first-order valence-corrected chi connectivity index (χ1v) is 9.98. The van der Waals surface area contributed by atoms with Crippen molar-refractivity contribution in [2.45, 2.75) is 38.8 Å². The molecule has 27 heavy (non-hydrogen) atoms. The summed E-state index contributed by atoms with van der Waals surface area (Å²) in [6, 6.07) is 13.6. The minimum Gasteiger partial charge on any atom is -0.369 e. The Morgan fingerprint density at radius 2 is 1.85 bits per heavy atom. The first kappa shape index (κ1) is 19.8. The van der Waals surface area contributed by atoms with Crippen LogP contribution in [0.1, 0.15) is 47.7 Å². The molecule has 2 unspecified atom stereocenters. The van der Waals surface area contributed by atoms with Crippen LogP contribution in [0.15, 0.2) is 42.5 Å². The SMILES string of the molecule is CCc1cc(C(F)CC(CF)c2ccccc2C)ccc1N1CCNCC1. The average molecular weight is 373 g/mol. The van der Waals surface area contributed by atoms with Crippen LogP contribution in [0.5, 0.6) is 0 Å². The van der Waals surface area contributed by atoms with E-state index >= 15 is 4.39 Å². The molecular formula is C23H30F2N2. The Labute approximate surface area is 161 Å². The van der Waals surface area contributed by atoms with Crippen LogP contribution in [0.2, 0.25) is 0 Å². The summed E-state index contributed by atoms with van der Waals surface area (Å²) < 4.78 is 28.8. The van der Waals surface area contributed by atoms with Gasteiger partial charge in [-0.3, -0.25) is 4.39 Å². The Bertz CT molecular complexity index is 741. The number of hydrogen-bond acceptors (Lipinski definition) is 2. The standard InChI is InChI=1S/C23H30F2N2/c1-3-18-14-19(8-9-23(18)27-12-10-26-11-13-27)22(25)15-20(16-24)21-7-5-4-6-17(21)2/h4-9,14,20,22,26H,3,10-13,15-16H2,1-2H3. The summed E-state index contributed by atoms with van der Waals surface area (Å²) in [7, 11) is 0. The van der Waals surface area contributed by atoms with Crippen LogP contribution >= 0.6 is 0 Å². The molecule has 2 aromatic carbocycles. The molecule has 1 N–H and O–H groups in total. The van der Waals surface area contributed by atoms with Gasteiger partial charge >= 0.3 is 0 Å². The number of alkyl halides is 2. The fourth-order valence-electron chi connectivity index (χ4n) is 4.00. The van der Waals surface area contributed by atoms with Crippen molar-refractivity contribution in [2.75, 3.05) is 37.8 Å². The van der Waals surface area contributed by atoms with Gasteiger partial charge in [-0.1, -0.05) is 43.3 Å². The zero-order valence-electron chi connectivity index (χ0n) is 16.3. The summed E-state index contributed by atoms with van der Waals surface area (Å²) in [5.74, 6) is -0.404. The van der Waals surface area contributed by atoms with Crippen LogP contribution in [0.3, 0.4) is 0 Å². The van der Waals surface area contributed by atoms with Crippen molar-refractivity contribution in [2.24, 2.45) is 0 Å². The van der Waals surface area contributed by atoms with Gasteiger partial charge in [-0.05, 0) is 48.1 Å². The van der Waals surface area contributed by atoms with Crippen LogP contribution in [0.25, 0.3) is 0 Å². The number of piperazine rings is 1. The fraction of sp³-hybridized carbons (Fsp3) is 0.478. The summed E-state index contributed by atoms with van der Waals surface area (Å²) in [6.45, 7) is 7.44. The molecule has 1 aliphatic rings. The Hall–Kier alpha value is -1.94. The van der Waals surface area contributed by atoms with Gasteiger partial charge in [0, 0.05) is 37.8 Å². The maximum atomic E-state index is 15.1. The van der Waals surface area contributed by atoms with Gasteiger partial charge in [0.15, 0.2) is 0 Å². The number of rotatable bonds is 7. The maximum absolute atomic E-state index is 15.1. The number of aryl methyl sites for hydroxylation is 2. The Morgan fingerprint density at radius 1 is 1.11 bits per heavy atom. The van der Waals surface area contributed by atoms with Gasteiger partial charge in [0.1, 0.15) is 6.17 Å². The monoisotopic (exact) mass is 372 g/mol. The summed E-state index contributed by atoms with van der Waals surface area (Å²) in [5, 5.41) is 3.36. The lowest BCUT2D eigenvalue weighted by molar-refractivity contribution is 0.278. The minimum absolute atomic E-state index is 0.178. The molecule has 2 aromatic rings. The van der Waals surface area contributed by atoms with Gasteiger partial charge < -0.3 is 10.2 Å². The molecule has 0 aliphatic carbocycles. The van der Waals surface area contributed by atoms with Crippen molar-refractivity contribution in [1.82, 2.24) is 5.32 Å². The van der Waals surface area contributed by atoms with Crippen molar-refractivity contribution >= 4 is 5.69 Å². The highest BCUT2D eigenvalue weighted by atomic mass is 19.1. The first-order valence-electron chi connectivity index (χ1n) is 9.98. The second kappa shape index (κ2) is 9.32. The summed E-state index contributed by atoms with van der Waals surface area (Å²) in [5.41, 5.74) is 4.98. The van der Waals surface area contributed by atoms with Crippen LogP contribution in [-0.2, 0) is 6.42 Å². The summed E-state index contributed by atoms with van der Waals surface area (Å²) >= 11 is 0. The van der Waals surface area contributed by atoms with Crippen molar-refractivity contribution in [3.63, 3.8) is 0 Å². The summed E-state index contributed by atoms with van der Waals surface area (Å²) in [4.78, 5) is 2.37. The molecule has 146 valence electrons. The second-order valence-corrected chi connectivity index (χ2v) is 7.39. The van der Waals surface area contributed by atoms with Gasteiger partial charge in [0.2, 0.25) is 0 Å². The number of nitrogens with one attached hydrogen (secondary N) is 1. The molecule has 4 heteroatoms. The van der Waals surface area contributed by atoms with E-state index in [0.717, 1.165) is 43.7 Å². The van der Waals surface area contributed by atoms with Crippen LogP contribution < -0.4 is 10.2 Å². The van der Waals surface area contributed by atoms with Crippen LogP contribution in [0.4, 0.5) is 14.5 Å². The predicted octanol–water partition coefficient (Wildman–Crippen LogP) is 5.12. The zero-order valence-corrected chi connectivity index (χ0v) is 16.3. The highest BCUT2D eigenvalue weighted by molar-refractivity contribution is 5.56. The lowest BCUT2D eigenvalue weighted by Gasteiger charge is -2.31. The highest BCUT2D eigenvalue weighted by Gasteiger charge is 2.22. The fourth-order valence-corrected chi connectivity index (χ4v) is 4.00. The van der Waals surface area contributed by atoms with E-state index in [0.29, 0.717) is 5.56 Å². The van der Waals surface area contributed by atoms with E-state index in [9.17, 15) is 4.39 Å². The van der Waals surface area contributed by atoms with E-state index < -0.39 is 18.8 Å². The largest absolute Gasteiger partial charge is 0.369 e. The molecule has 0 spiro atoms. The number of hydrogen-bond donors (Lipinski definition) is 1. The molecule has 3 rings (SSSR count). The van der Waals surface area contributed by atoms with E-state index in [1.54, 1.807) is 0 Å².